The van der Waals surface area contributed by atoms with Crippen molar-refractivity contribution in [1.29, 1.82) is 0 Å². The number of rotatable bonds is 2. The number of carbonyl (C=O) groups excluding carboxylic acids is 1. The highest BCUT2D eigenvalue weighted by molar-refractivity contribution is 5.68. The molecule has 1 unspecified atom stereocenters. The van der Waals surface area contributed by atoms with Gasteiger partial charge < -0.3 is 19.7 Å². The van der Waals surface area contributed by atoms with E-state index in [1.807, 2.05) is 11.8 Å². The normalized spacial score (nSPS) is 30.4. The van der Waals surface area contributed by atoms with Gasteiger partial charge in [-0.2, -0.15) is 0 Å². The Kier molecular flexibility index (Phi) is 3.64. The third kappa shape index (κ3) is 2.70. The van der Waals surface area contributed by atoms with Gasteiger partial charge in [-0.05, 0) is 19.8 Å². The van der Waals surface area contributed by atoms with Gasteiger partial charge in [-0.1, -0.05) is 0 Å². The molecule has 0 aromatic carbocycles. The van der Waals surface area contributed by atoms with E-state index in [9.17, 15) is 4.79 Å². The maximum Gasteiger partial charge on any atom is 0.411 e. The summed E-state index contributed by atoms with van der Waals surface area (Å²) in [5, 5.41) is 3.27. The van der Waals surface area contributed by atoms with Crippen molar-refractivity contribution in [3.8, 4) is 0 Å². The lowest BCUT2D eigenvalue weighted by atomic mass is 10.2. The minimum atomic E-state index is -0.184. The Hall–Kier alpha value is -0.850. The second-order valence-electron chi connectivity index (χ2n) is 5.83. The van der Waals surface area contributed by atoms with Crippen LogP contribution in [-0.4, -0.2) is 73.6 Å². The molecule has 1 aliphatic carbocycles. The van der Waals surface area contributed by atoms with Gasteiger partial charge in [-0.15, -0.1) is 0 Å². The van der Waals surface area contributed by atoms with E-state index in [1.165, 1.54) is 0 Å². The van der Waals surface area contributed by atoms with Crippen molar-refractivity contribution in [3.05, 3.63) is 0 Å². The molecule has 0 aromatic rings. The summed E-state index contributed by atoms with van der Waals surface area (Å²) < 4.78 is 11.0. The molecule has 3 aliphatic rings. The highest BCUT2D eigenvalue weighted by Crippen LogP contribution is 2.43. The van der Waals surface area contributed by atoms with Crippen molar-refractivity contribution in [2.45, 2.75) is 31.3 Å². The van der Waals surface area contributed by atoms with Crippen LogP contribution in [0, 0.1) is 0 Å². The van der Waals surface area contributed by atoms with Crippen LogP contribution in [0.4, 0.5) is 4.79 Å². The van der Waals surface area contributed by atoms with E-state index in [-0.39, 0.29) is 17.7 Å². The van der Waals surface area contributed by atoms with E-state index in [2.05, 4.69) is 10.2 Å². The first-order valence-electron chi connectivity index (χ1n) is 7.18. The summed E-state index contributed by atoms with van der Waals surface area (Å²) in [6.45, 7) is 7.26. The topological polar surface area (TPSA) is 54.0 Å². The number of nitrogens with zero attached hydrogens (tertiary/aromatic N) is 2. The molecule has 1 saturated carbocycles. The highest BCUT2D eigenvalue weighted by atomic mass is 16.6. The fourth-order valence-electron chi connectivity index (χ4n) is 2.90. The van der Waals surface area contributed by atoms with Gasteiger partial charge in [0.05, 0.1) is 13.2 Å². The lowest BCUT2D eigenvalue weighted by Gasteiger charge is -2.37. The molecule has 0 bridgehead atoms. The molecule has 0 radical (unpaired) electrons. The summed E-state index contributed by atoms with van der Waals surface area (Å²) in [5.41, 5.74) is 0.174. The van der Waals surface area contributed by atoms with Crippen molar-refractivity contribution in [2.24, 2.45) is 0 Å². The molecular formula is C13H23N3O3. The summed E-state index contributed by atoms with van der Waals surface area (Å²) in [6.07, 6.45) is 2.14. The fraction of sp³-hybridized carbons (Fsp3) is 0.923. The number of nitrogens with one attached hydrogen (secondary N) is 1. The molecule has 1 N–H and O–H groups in total. The standard InChI is InChI=1S/C13H23N3O3/c1-11-8-14-4-5-16(11)12(17)19-10-15-6-7-18-9-13(15)2-3-13/h11,14H,2-10H2,1H3. The zero-order valence-corrected chi connectivity index (χ0v) is 11.6. The molecule has 19 heavy (non-hydrogen) atoms. The SMILES string of the molecule is CC1CNCCN1C(=O)OCN1CCOCC12CC2. The Morgan fingerprint density at radius 1 is 1.47 bits per heavy atom. The monoisotopic (exact) mass is 269 g/mol. The van der Waals surface area contributed by atoms with Gasteiger partial charge in [0.1, 0.15) is 6.73 Å². The molecule has 0 aromatic heterocycles. The van der Waals surface area contributed by atoms with Crippen LogP contribution in [0.25, 0.3) is 0 Å². The molecule has 2 heterocycles. The van der Waals surface area contributed by atoms with Crippen molar-refractivity contribution in [1.82, 2.24) is 15.1 Å². The first kappa shape index (κ1) is 13.1. The largest absolute Gasteiger partial charge is 0.433 e. The molecule has 3 rings (SSSR count). The van der Waals surface area contributed by atoms with Gasteiger partial charge >= 0.3 is 6.09 Å². The molecule has 6 heteroatoms. The smallest absolute Gasteiger partial charge is 0.411 e. The predicted molar refractivity (Wildman–Crippen MR) is 69.9 cm³/mol. The van der Waals surface area contributed by atoms with Crippen molar-refractivity contribution in [3.63, 3.8) is 0 Å². The van der Waals surface area contributed by atoms with E-state index in [0.717, 1.165) is 52.2 Å². The second-order valence-corrected chi connectivity index (χ2v) is 5.83. The molecule has 3 fully saturated rings. The molecule has 1 amide bonds. The molecule has 2 aliphatic heterocycles. The lowest BCUT2D eigenvalue weighted by Crippen LogP contribution is -2.54. The lowest BCUT2D eigenvalue weighted by molar-refractivity contribution is -0.0661. The van der Waals surface area contributed by atoms with E-state index in [1.54, 1.807) is 0 Å². The Bertz CT molecular complexity index is 346. The minimum absolute atomic E-state index is 0.174. The number of hydrogen-bond donors (Lipinski definition) is 1. The highest BCUT2D eigenvalue weighted by Gasteiger charge is 2.50. The van der Waals surface area contributed by atoms with Crippen LogP contribution in [0.1, 0.15) is 19.8 Å². The van der Waals surface area contributed by atoms with E-state index in [4.69, 9.17) is 9.47 Å². The molecule has 1 spiro atoms. The van der Waals surface area contributed by atoms with Gasteiger partial charge in [0.25, 0.3) is 0 Å². The quantitative estimate of drug-likeness (QED) is 0.778. The third-order valence-corrected chi connectivity index (χ3v) is 4.45. The average molecular weight is 269 g/mol. The van der Waals surface area contributed by atoms with Crippen LogP contribution in [-0.2, 0) is 9.47 Å². The number of carbonyl (C=O) groups is 1. The molecule has 6 nitrogen and oxygen atoms in total. The molecule has 1 atom stereocenters. The Balaban J connectivity index is 1.50. The van der Waals surface area contributed by atoms with E-state index >= 15 is 0 Å². The maximum absolute atomic E-state index is 12.1. The maximum atomic E-state index is 12.1. The Morgan fingerprint density at radius 3 is 3.05 bits per heavy atom. The van der Waals surface area contributed by atoms with Crippen molar-refractivity contribution in [2.75, 3.05) is 46.1 Å². The van der Waals surface area contributed by atoms with Crippen LogP contribution in [0.2, 0.25) is 0 Å². The first-order chi connectivity index (χ1) is 9.21. The third-order valence-electron chi connectivity index (χ3n) is 4.45. The van der Waals surface area contributed by atoms with Gasteiger partial charge in [-0.3, -0.25) is 4.90 Å². The fourth-order valence-corrected chi connectivity index (χ4v) is 2.90. The van der Waals surface area contributed by atoms with Gasteiger partial charge in [0, 0.05) is 37.8 Å². The number of amides is 1. The van der Waals surface area contributed by atoms with Crippen molar-refractivity contribution >= 4 is 6.09 Å². The number of morpholine rings is 1. The van der Waals surface area contributed by atoms with Gasteiger partial charge in [0.15, 0.2) is 0 Å². The second kappa shape index (κ2) is 5.26. The summed E-state index contributed by atoms with van der Waals surface area (Å²) >= 11 is 0. The van der Waals surface area contributed by atoms with Crippen LogP contribution >= 0.6 is 0 Å². The van der Waals surface area contributed by atoms with Crippen LogP contribution < -0.4 is 5.32 Å². The minimum Gasteiger partial charge on any atom is -0.433 e. The van der Waals surface area contributed by atoms with Crippen LogP contribution in [0.5, 0.6) is 0 Å². The van der Waals surface area contributed by atoms with Crippen LogP contribution in [0.3, 0.4) is 0 Å². The number of piperazine rings is 1. The van der Waals surface area contributed by atoms with Crippen LogP contribution in [0.15, 0.2) is 0 Å². The Labute approximate surface area is 114 Å². The van der Waals surface area contributed by atoms with E-state index in [0.29, 0.717) is 6.73 Å². The zero-order chi connectivity index (χ0) is 13.3. The zero-order valence-electron chi connectivity index (χ0n) is 11.6. The molecule has 2 saturated heterocycles. The predicted octanol–water partition coefficient (Wildman–Crippen LogP) is 0.239. The van der Waals surface area contributed by atoms with E-state index < -0.39 is 0 Å². The number of hydrogen-bond acceptors (Lipinski definition) is 5. The summed E-state index contributed by atoms with van der Waals surface area (Å²) in [4.78, 5) is 16.2. The summed E-state index contributed by atoms with van der Waals surface area (Å²) in [5.74, 6) is 0. The van der Waals surface area contributed by atoms with Gasteiger partial charge in [-0.25, -0.2) is 4.79 Å². The first-order valence-corrected chi connectivity index (χ1v) is 7.18. The summed E-state index contributed by atoms with van der Waals surface area (Å²) in [7, 11) is 0. The average Bonchev–Trinajstić information content (AvgIpc) is 3.18. The van der Waals surface area contributed by atoms with Gasteiger partial charge in [0.2, 0.25) is 0 Å². The summed E-state index contributed by atoms with van der Waals surface area (Å²) in [6, 6.07) is 0.209. The Morgan fingerprint density at radius 2 is 2.32 bits per heavy atom. The molecule has 108 valence electrons. The number of ether oxygens (including phenoxy) is 2. The van der Waals surface area contributed by atoms with Crippen molar-refractivity contribution < 1.29 is 14.3 Å². The molecular weight excluding hydrogens is 246 g/mol.